The van der Waals surface area contributed by atoms with Gasteiger partial charge in [0.1, 0.15) is 5.82 Å². The molecule has 1 aliphatic rings. The fourth-order valence-electron chi connectivity index (χ4n) is 3.07. The van der Waals surface area contributed by atoms with Crippen LogP contribution in [0.5, 0.6) is 0 Å². The van der Waals surface area contributed by atoms with Crippen LogP contribution in [0.2, 0.25) is 0 Å². The molecule has 1 fully saturated rings. The van der Waals surface area contributed by atoms with Crippen molar-refractivity contribution in [2.75, 3.05) is 13.2 Å². The van der Waals surface area contributed by atoms with Crippen molar-refractivity contribution in [1.82, 2.24) is 9.55 Å². The van der Waals surface area contributed by atoms with Crippen molar-refractivity contribution < 1.29 is 14.6 Å². The molecule has 1 N–H and O–H groups in total. The number of imidazole rings is 1. The van der Waals surface area contributed by atoms with Crippen LogP contribution in [-0.2, 0) is 11.3 Å². The third-order valence-electron chi connectivity index (χ3n) is 4.43. The Kier molecular flexibility index (Phi) is 3.45. The van der Waals surface area contributed by atoms with Crippen LogP contribution in [0.3, 0.4) is 0 Å². The van der Waals surface area contributed by atoms with Crippen molar-refractivity contribution in [2.45, 2.75) is 33.2 Å². The van der Waals surface area contributed by atoms with Gasteiger partial charge in [-0.3, -0.25) is 0 Å². The Morgan fingerprint density at radius 1 is 1.43 bits per heavy atom. The minimum atomic E-state index is -0.904. The van der Waals surface area contributed by atoms with Gasteiger partial charge in [0.05, 0.1) is 16.6 Å². The molecule has 1 aliphatic heterocycles. The van der Waals surface area contributed by atoms with E-state index in [1.165, 1.54) is 0 Å². The van der Waals surface area contributed by atoms with E-state index >= 15 is 0 Å². The summed E-state index contributed by atoms with van der Waals surface area (Å²) in [4.78, 5) is 16.0. The molecule has 112 valence electrons. The zero-order chi connectivity index (χ0) is 15.0. The number of hydrogen-bond donors (Lipinski definition) is 1. The van der Waals surface area contributed by atoms with E-state index in [0.717, 1.165) is 49.5 Å². The van der Waals surface area contributed by atoms with Crippen molar-refractivity contribution in [3.05, 3.63) is 29.6 Å². The number of hydrogen-bond acceptors (Lipinski definition) is 3. The maximum absolute atomic E-state index is 11.5. The van der Waals surface area contributed by atoms with Crippen molar-refractivity contribution in [3.63, 3.8) is 0 Å². The van der Waals surface area contributed by atoms with E-state index < -0.39 is 5.97 Å². The average Bonchev–Trinajstić information content (AvgIpc) is 2.75. The second-order valence-electron chi connectivity index (χ2n) is 6.15. The summed E-state index contributed by atoms with van der Waals surface area (Å²) >= 11 is 0. The lowest BCUT2D eigenvalue weighted by Crippen LogP contribution is -2.31. The quantitative estimate of drug-likeness (QED) is 0.943. The Hall–Kier alpha value is -1.88. The van der Waals surface area contributed by atoms with E-state index in [9.17, 15) is 9.90 Å². The van der Waals surface area contributed by atoms with Crippen LogP contribution in [-0.4, -0.2) is 33.8 Å². The molecule has 5 nitrogen and oxygen atoms in total. The molecule has 0 atom stereocenters. The maximum Gasteiger partial charge on any atom is 0.337 e. The number of fused-ring (bicyclic) bond motifs is 1. The Bertz CT molecular complexity index is 684. The van der Waals surface area contributed by atoms with Crippen molar-refractivity contribution in [3.8, 4) is 0 Å². The number of carboxylic acids is 1. The molecule has 5 heteroatoms. The maximum atomic E-state index is 11.5. The predicted molar refractivity (Wildman–Crippen MR) is 79.6 cm³/mol. The summed E-state index contributed by atoms with van der Waals surface area (Å²) in [6.07, 6.45) is 1.97. The van der Waals surface area contributed by atoms with Crippen molar-refractivity contribution >= 4 is 17.0 Å². The van der Waals surface area contributed by atoms with E-state index in [1.54, 1.807) is 12.1 Å². The number of carbonyl (C=O) groups is 1. The molecular weight excluding hydrogens is 268 g/mol. The minimum Gasteiger partial charge on any atom is -0.478 e. The van der Waals surface area contributed by atoms with Crippen LogP contribution < -0.4 is 0 Å². The molecule has 1 saturated heterocycles. The first-order chi connectivity index (χ1) is 10.0. The molecule has 0 bridgehead atoms. The fraction of sp³-hybridized carbons (Fsp3) is 0.500. The van der Waals surface area contributed by atoms with Gasteiger partial charge in [0.25, 0.3) is 0 Å². The van der Waals surface area contributed by atoms with Crippen LogP contribution in [0.15, 0.2) is 18.2 Å². The largest absolute Gasteiger partial charge is 0.478 e. The highest BCUT2D eigenvalue weighted by Gasteiger charge is 2.29. The molecule has 1 aromatic heterocycles. The summed E-state index contributed by atoms with van der Waals surface area (Å²) in [6.45, 7) is 6.50. The average molecular weight is 288 g/mol. The molecule has 0 radical (unpaired) electrons. The summed E-state index contributed by atoms with van der Waals surface area (Å²) in [6, 6.07) is 5.27. The molecule has 0 saturated carbocycles. The molecular formula is C16H20N2O3. The summed E-state index contributed by atoms with van der Waals surface area (Å²) in [5, 5.41) is 9.43. The van der Waals surface area contributed by atoms with E-state index in [0.29, 0.717) is 5.56 Å². The van der Waals surface area contributed by atoms with Gasteiger partial charge in [0, 0.05) is 19.8 Å². The minimum absolute atomic E-state index is 0.127. The summed E-state index contributed by atoms with van der Waals surface area (Å²) in [5.41, 5.74) is 1.93. The molecule has 3 rings (SSSR count). The first-order valence-electron chi connectivity index (χ1n) is 7.27. The van der Waals surface area contributed by atoms with E-state index in [1.807, 2.05) is 13.0 Å². The first-order valence-corrected chi connectivity index (χ1v) is 7.27. The fourth-order valence-corrected chi connectivity index (χ4v) is 3.07. The van der Waals surface area contributed by atoms with Crippen LogP contribution in [0.1, 0.15) is 35.9 Å². The van der Waals surface area contributed by atoms with Crippen molar-refractivity contribution in [1.29, 1.82) is 0 Å². The van der Waals surface area contributed by atoms with E-state index in [2.05, 4.69) is 16.5 Å². The van der Waals surface area contributed by atoms with E-state index in [-0.39, 0.29) is 5.41 Å². The van der Waals surface area contributed by atoms with Gasteiger partial charge >= 0.3 is 5.97 Å². The Balaban J connectivity index is 2.09. The van der Waals surface area contributed by atoms with Crippen LogP contribution in [0.4, 0.5) is 0 Å². The standard InChI is InChI=1S/C16H20N2O3/c1-11-17-13-5-3-4-12(15(19)20)14(13)18(11)10-16(2)6-8-21-9-7-16/h3-5H,6-10H2,1-2H3,(H,19,20). The monoisotopic (exact) mass is 288 g/mol. The number of aromatic carboxylic acids is 1. The van der Waals surface area contributed by atoms with Gasteiger partial charge in [-0.05, 0) is 37.3 Å². The van der Waals surface area contributed by atoms with Gasteiger partial charge in [0.15, 0.2) is 0 Å². The van der Waals surface area contributed by atoms with Crippen molar-refractivity contribution in [2.24, 2.45) is 5.41 Å². The Labute approximate surface area is 123 Å². The summed E-state index contributed by atoms with van der Waals surface area (Å²) in [5.74, 6) is -0.0368. The zero-order valence-corrected chi connectivity index (χ0v) is 12.4. The summed E-state index contributed by atoms with van der Waals surface area (Å²) < 4.78 is 7.50. The number of carboxylic acid groups (broad SMARTS) is 1. The molecule has 1 aromatic carbocycles. The van der Waals surface area contributed by atoms with E-state index in [4.69, 9.17) is 4.74 Å². The van der Waals surface area contributed by atoms with Gasteiger partial charge in [0.2, 0.25) is 0 Å². The highest BCUT2D eigenvalue weighted by Crippen LogP contribution is 2.34. The molecule has 2 aromatic rings. The summed E-state index contributed by atoms with van der Waals surface area (Å²) in [7, 11) is 0. The lowest BCUT2D eigenvalue weighted by molar-refractivity contribution is 0.0157. The second-order valence-corrected chi connectivity index (χ2v) is 6.15. The first kappa shape index (κ1) is 14.1. The topological polar surface area (TPSA) is 64.3 Å². The highest BCUT2D eigenvalue weighted by molar-refractivity contribution is 6.01. The number of para-hydroxylation sites is 1. The van der Waals surface area contributed by atoms with Gasteiger partial charge in [-0.25, -0.2) is 9.78 Å². The molecule has 0 spiro atoms. The third kappa shape index (κ3) is 2.53. The van der Waals surface area contributed by atoms with Gasteiger partial charge in [-0.15, -0.1) is 0 Å². The molecule has 0 aliphatic carbocycles. The Morgan fingerprint density at radius 3 is 2.81 bits per heavy atom. The zero-order valence-electron chi connectivity index (χ0n) is 12.4. The van der Waals surface area contributed by atoms with Gasteiger partial charge in [-0.1, -0.05) is 13.0 Å². The Morgan fingerprint density at radius 2 is 2.14 bits per heavy atom. The molecule has 0 amide bonds. The smallest absolute Gasteiger partial charge is 0.337 e. The van der Waals surface area contributed by atoms with Crippen LogP contribution >= 0.6 is 0 Å². The SMILES string of the molecule is Cc1nc2cccc(C(=O)O)c2n1CC1(C)CCOCC1. The second kappa shape index (κ2) is 5.15. The van der Waals surface area contributed by atoms with Gasteiger partial charge in [-0.2, -0.15) is 0 Å². The lowest BCUT2D eigenvalue weighted by atomic mass is 9.82. The lowest BCUT2D eigenvalue weighted by Gasteiger charge is -2.34. The predicted octanol–water partition coefficient (Wildman–Crippen LogP) is 2.86. The number of benzene rings is 1. The van der Waals surface area contributed by atoms with Crippen LogP contribution in [0, 0.1) is 12.3 Å². The molecule has 0 unspecified atom stereocenters. The third-order valence-corrected chi connectivity index (χ3v) is 4.43. The molecule has 2 heterocycles. The number of nitrogens with zero attached hydrogens (tertiary/aromatic N) is 2. The van der Waals surface area contributed by atoms with Crippen LogP contribution in [0.25, 0.3) is 11.0 Å². The number of ether oxygens (including phenoxy) is 1. The molecule has 21 heavy (non-hydrogen) atoms. The highest BCUT2D eigenvalue weighted by atomic mass is 16.5. The number of aryl methyl sites for hydroxylation is 1. The number of rotatable bonds is 3. The van der Waals surface area contributed by atoms with Gasteiger partial charge < -0.3 is 14.4 Å². The normalized spacial score (nSPS) is 18.0. The number of aromatic nitrogens is 2.